The Bertz CT molecular complexity index is 797. The Morgan fingerprint density at radius 1 is 1.04 bits per heavy atom. The Hall–Kier alpha value is -0.950. The van der Waals surface area contributed by atoms with Crippen molar-refractivity contribution in [3.8, 4) is 0 Å². The second-order valence-electron chi connectivity index (χ2n) is 4.61. The monoisotopic (exact) mass is 576 g/mol. The second kappa shape index (κ2) is 7.95. The lowest BCUT2D eigenvalue weighted by atomic mass is 10.1. The van der Waals surface area contributed by atoms with Gasteiger partial charge in [0.2, 0.25) is 0 Å². The van der Waals surface area contributed by atoms with Crippen LogP contribution in [0.15, 0.2) is 42.5 Å². The van der Waals surface area contributed by atoms with Gasteiger partial charge in [-0.25, -0.2) is 0 Å². The Balaban J connectivity index is 2.14. The van der Waals surface area contributed by atoms with Gasteiger partial charge in [0.15, 0.2) is 5.11 Å². The Morgan fingerprint density at radius 2 is 1.71 bits per heavy atom. The first-order valence-electron chi connectivity index (χ1n) is 6.41. The molecular weight excluding hydrogens is 567 g/mol. The SMILES string of the molecule is O=C(NC(=S)Nc1ccc(I)cc1C(F)(F)F)c1cccc(I)c1. The lowest BCUT2D eigenvalue weighted by molar-refractivity contribution is -0.136. The third kappa shape index (κ3) is 5.28. The third-order valence-corrected chi connectivity index (χ3v) is 4.40. The summed E-state index contributed by atoms with van der Waals surface area (Å²) in [6, 6.07) is 10.5. The molecule has 2 aromatic rings. The molecule has 2 rings (SSSR count). The number of carbonyl (C=O) groups excluding carboxylic acids is 1. The fourth-order valence-electron chi connectivity index (χ4n) is 1.82. The van der Waals surface area contributed by atoms with E-state index >= 15 is 0 Å². The quantitative estimate of drug-likeness (QED) is 0.389. The minimum Gasteiger partial charge on any atom is -0.332 e. The van der Waals surface area contributed by atoms with Crippen molar-refractivity contribution in [2.24, 2.45) is 0 Å². The number of rotatable bonds is 2. The van der Waals surface area contributed by atoms with Crippen LogP contribution < -0.4 is 10.6 Å². The third-order valence-electron chi connectivity index (χ3n) is 2.85. The summed E-state index contributed by atoms with van der Waals surface area (Å²) in [4.78, 5) is 12.1. The number of thiocarbonyl (C=S) groups is 1. The average molecular weight is 576 g/mol. The van der Waals surface area contributed by atoms with Gasteiger partial charge in [0.1, 0.15) is 0 Å². The lowest BCUT2D eigenvalue weighted by Crippen LogP contribution is -2.34. The van der Waals surface area contributed by atoms with Gasteiger partial charge in [0, 0.05) is 12.7 Å². The van der Waals surface area contributed by atoms with Gasteiger partial charge in [0.25, 0.3) is 5.91 Å². The van der Waals surface area contributed by atoms with Crippen molar-refractivity contribution in [2.45, 2.75) is 6.18 Å². The second-order valence-corrected chi connectivity index (χ2v) is 7.51. The number of amides is 1. The van der Waals surface area contributed by atoms with E-state index in [1.165, 1.54) is 12.1 Å². The van der Waals surface area contributed by atoms with Gasteiger partial charge in [-0.05, 0) is 93.8 Å². The highest BCUT2D eigenvalue weighted by molar-refractivity contribution is 14.1. The van der Waals surface area contributed by atoms with Crippen molar-refractivity contribution in [1.29, 1.82) is 0 Å². The fourth-order valence-corrected chi connectivity index (χ4v) is 3.06. The zero-order chi connectivity index (χ0) is 17.9. The molecule has 0 saturated carbocycles. The summed E-state index contributed by atoms with van der Waals surface area (Å²) in [6.07, 6.45) is -4.53. The molecule has 0 atom stereocenters. The lowest BCUT2D eigenvalue weighted by Gasteiger charge is -2.16. The Labute approximate surface area is 168 Å². The van der Waals surface area contributed by atoms with Crippen molar-refractivity contribution in [1.82, 2.24) is 5.32 Å². The van der Waals surface area contributed by atoms with Crippen LogP contribution in [0.25, 0.3) is 0 Å². The molecule has 0 aliphatic rings. The maximum atomic E-state index is 13.1. The Kier molecular flexibility index (Phi) is 6.42. The molecule has 0 aromatic heterocycles. The van der Waals surface area contributed by atoms with Crippen LogP contribution >= 0.6 is 57.4 Å². The summed E-state index contributed by atoms with van der Waals surface area (Å²) >= 11 is 8.79. The van der Waals surface area contributed by atoms with Crippen molar-refractivity contribution < 1.29 is 18.0 Å². The highest BCUT2D eigenvalue weighted by Crippen LogP contribution is 2.35. The maximum Gasteiger partial charge on any atom is 0.418 e. The molecule has 0 bridgehead atoms. The van der Waals surface area contributed by atoms with Gasteiger partial charge >= 0.3 is 6.18 Å². The molecule has 0 spiro atoms. The molecule has 3 nitrogen and oxygen atoms in total. The van der Waals surface area contributed by atoms with Crippen LogP contribution in [-0.4, -0.2) is 11.0 Å². The number of carbonyl (C=O) groups is 1. The highest BCUT2D eigenvalue weighted by atomic mass is 127. The van der Waals surface area contributed by atoms with Crippen molar-refractivity contribution in [2.75, 3.05) is 5.32 Å². The standard InChI is InChI=1S/C15H9F3I2N2OS/c16-15(17,18)11-7-10(20)4-5-12(11)21-14(24)22-13(23)8-2-1-3-9(19)6-8/h1-7H,(H2,21,22,23,24). The minimum absolute atomic E-state index is 0.203. The van der Waals surface area contributed by atoms with Gasteiger partial charge < -0.3 is 5.32 Å². The summed E-state index contributed by atoms with van der Waals surface area (Å²) in [7, 11) is 0. The number of nitrogens with one attached hydrogen (secondary N) is 2. The first-order valence-corrected chi connectivity index (χ1v) is 8.98. The molecule has 9 heteroatoms. The molecule has 1 amide bonds. The van der Waals surface area contributed by atoms with E-state index in [4.69, 9.17) is 12.2 Å². The topological polar surface area (TPSA) is 41.1 Å². The summed E-state index contributed by atoms with van der Waals surface area (Å²) in [5.41, 5.74) is -0.694. The number of hydrogen-bond acceptors (Lipinski definition) is 2. The zero-order valence-electron chi connectivity index (χ0n) is 11.7. The maximum absolute atomic E-state index is 13.1. The first kappa shape index (κ1) is 19.4. The van der Waals surface area contributed by atoms with Crippen LogP contribution in [0.4, 0.5) is 18.9 Å². The minimum atomic E-state index is -4.53. The van der Waals surface area contributed by atoms with Crippen molar-refractivity contribution in [3.05, 3.63) is 60.7 Å². The molecule has 0 fully saturated rings. The largest absolute Gasteiger partial charge is 0.418 e. The van der Waals surface area contributed by atoms with Gasteiger partial charge in [-0.1, -0.05) is 6.07 Å². The summed E-state index contributed by atoms with van der Waals surface area (Å²) in [5.74, 6) is -0.495. The van der Waals surface area contributed by atoms with Crippen LogP contribution in [0.1, 0.15) is 15.9 Å². The predicted octanol–water partition coefficient (Wildman–Crippen LogP) is 5.04. The highest BCUT2D eigenvalue weighted by Gasteiger charge is 2.34. The molecule has 0 saturated heterocycles. The molecule has 0 radical (unpaired) electrons. The van der Waals surface area contributed by atoms with Gasteiger partial charge in [-0.3, -0.25) is 10.1 Å². The summed E-state index contributed by atoms with van der Waals surface area (Å²) in [5, 5.41) is 4.60. The number of anilines is 1. The molecule has 0 aliphatic heterocycles. The van der Waals surface area contributed by atoms with Crippen LogP contribution in [0.5, 0.6) is 0 Å². The van der Waals surface area contributed by atoms with E-state index in [1.54, 1.807) is 40.8 Å². The fraction of sp³-hybridized carbons (Fsp3) is 0.0667. The summed E-state index contributed by atoms with van der Waals surface area (Å²) < 4.78 is 40.5. The summed E-state index contributed by atoms with van der Waals surface area (Å²) in [6.45, 7) is 0. The molecule has 24 heavy (non-hydrogen) atoms. The number of hydrogen-bond donors (Lipinski definition) is 2. The number of halogens is 5. The van der Waals surface area contributed by atoms with Crippen LogP contribution in [0, 0.1) is 7.14 Å². The van der Waals surface area contributed by atoms with E-state index in [0.717, 1.165) is 9.64 Å². The van der Waals surface area contributed by atoms with E-state index in [-0.39, 0.29) is 10.8 Å². The van der Waals surface area contributed by atoms with Gasteiger partial charge in [0.05, 0.1) is 11.3 Å². The van der Waals surface area contributed by atoms with E-state index in [1.807, 2.05) is 6.07 Å². The molecular formula is C15H9F3I2N2OS. The van der Waals surface area contributed by atoms with Crippen LogP contribution in [-0.2, 0) is 6.18 Å². The zero-order valence-corrected chi connectivity index (χ0v) is 16.9. The molecule has 2 N–H and O–H groups in total. The molecule has 0 unspecified atom stereocenters. The first-order chi connectivity index (χ1) is 11.2. The predicted molar refractivity (Wildman–Crippen MR) is 107 cm³/mol. The molecule has 126 valence electrons. The molecule has 2 aromatic carbocycles. The van der Waals surface area contributed by atoms with Crippen LogP contribution in [0.3, 0.4) is 0 Å². The van der Waals surface area contributed by atoms with Crippen molar-refractivity contribution in [3.63, 3.8) is 0 Å². The normalized spacial score (nSPS) is 11.0. The van der Waals surface area contributed by atoms with E-state index in [2.05, 4.69) is 33.2 Å². The van der Waals surface area contributed by atoms with E-state index < -0.39 is 17.6 Å². The van der Waals surface area contributed by atoms with Gasteiger partial charge in [-0.2, -0.15) is 13.2 Å². The smallest absolute Gasteiger partial charge is 0.332 e. The van der Waals surface area contributed by atoms with Crippen LogP contribution in [0.2, 0.25) is 0 Å². The van der Waals surface area contributed by atoms with Gasteiger partial charge in [-0.15, -0.1) is 0 Å². The number of alkyl halides is 3. The number of benzene rings is 2. The average Bonchev–Trinajstić information content (AvgIpc) is 2.48. The van der Waals surface area contributed by atoms with Crippen molar-refractivity contribution >= 4 is 74.1 Å². The Morgan fingerprint density at radius 3 is 2.33 bits per heavy atom. The van der Waals surface area contributed by atoms with E-state index in [9.17, 15) is 18.0 Å². The molecule has 0 heterocycles. The molecule has 0 aliphatic carbocycles. The van der Waals surface area contributed by atoms with E-state index in [0.29, 0.717) is 9.13 Å².